The fourth-order valence-corrected chi connectivity index (χ4v) is 2.48. The maximum atomic E-state index is 12.8. The van der Waals surface area contributed by atoms with Crippen LogP contribution >= 0.6 is 11.6 Å². The molecule has 2 rings (SSSR count). The van der Waals surface area contributed by atoms with Crippen molar-refractivity contribution in [1.29, 1.82) is 0 Å². The summed E-state index contributed by atoms with van der Waals surface area (Å²) in [6.45, 7) is 1.20. The van der Waals surface area contributed by atoms with Crippen molar-refractivity contribution in [3.63, 3.8) is 0 Å². The van der Waals surface area contributed by atoms with Crippen LogP contribution in [0.2, 0.25) is 5.02 Å². The second kappa shape index (κ2) is 7.82. The Morgan fingerprint density at radius 1 is 1.41 bits per heavy atom. The summed E-state index contributed by atoms with van der Waals surface area (Å²) < 4.78 is 44.3. The van der Waals surface area contributed by atoms with Crippen LogP contribution in [-0.2, 0) is 17.5 Å². The molecule has 0 radical (unpaired) electrons. The molecule has 0 unspecified atom stereocenters. The molecule has 27 heavy (non-hydrogen) atoms. The second-order valence-corrected chi connectivity index (χ2v) is 5.82. The van der Waals surface area contributed by atoms with Gasteiger partial charge in [0.15, 0.2) is 5.69 Å². The molecule has 0 aliphatic heterocycles. The number of rotatable bonds is 6. The van der Waals surface area contributed by atoms with Crippen LogP contribution in [0.3, 0.4) is 0 Å². The number of hydrogen-bond acceptors (Lipinski definition) is 5. The molecule has 0 aliphatic carbocycles. The first-order valence-electron chi connectivity index (χ1n) is 7.46. The molecule has 1 heterocycles. The quantitative estimate of drug-likeness (QED) is 0.581. The molecular weight excluding hydrogens is 393 g/mol. The minimum atomic E-state index is -4.70. The Kier molecular flexibility index (Phi) is 5.94. The maximum Gasteiger partial charge on any atom is 0.436 e. The van der Waals surface area contributed by atoms with Crippen molar-refractivity contribution in [3.8, 4) is 5.75 Å². The lowest BCUT2D eigenvalue weighted by Crippen LogP contribution is -2.16. The lowest BCUT2D eigenvalue weighted by Gasteiger charge is -2.08. The summed E-state index contributed by atoms with van der Waals surface area (Å²) in [6.07, 6.45) is -4.92. The van der Waals surface area contributed by atoms with Crippen LogP contribution in [0.4, 0.5) is 24.5 Å². The molecule has 0 saturated heterocycles. The predicted octanol–water partition coefficient (Wildman–Crippen LogP) is 3.81. The molecule has 0 atom stereocenters. The summed E-state index contributed by atoms with van der Waals surface area (Å²) in [5.74, 6) is -0.402. The van der Waals surface area contributed by atoms with E-state index in [0.717, 1.165) is 10.7 Å². The molecule has 0 fully saturated rings. The highest BCUT2D eigenvalue weighted by molar-refractivity contribution is 6.31. The number of alkyl halides is 3. The van der Waals surface area contributed by atoms with Crippen LogP contribution in [-0.4, -0.2) is 27.7 Å². The topological polar surface area (TPSA) is 99.3 Å². The number of halogens is 4. The number of carbonyl (C=O) groups is 1. The maximum absolute atomic E-state index is 12.8. The van der Waals surface area contributed by atoms with Gasteiger partial charge in [0, 0.05) is 18.6 Å². The number of amides is 1. The summed E-state index contributed by atoms with van der Waals surface area (Å²) in [4.78, 5) is 22.3. The van der Waals surface area contributed by atoms with E-state index in [2.05, 4.69) is 10.4 Å². The van der Waals surface area contributed by atoms with Gasteiger partial charge >= 0.3 is 6.18 Å². The molecule has 1 amide bonds. The number of benzene rings is 1. The average molecular weight is 407 g/mol. The minimum absolute atomic E-state index is 0.0776. The first kappa shape index (κ1) is 20.5. The highest BCUT2D eigenvalue weighted by Gasteiger charge is 2.38. The lowest BCUT2D eigenvalue weighted by atomic mass is 10.2. The van der Waals surface area contributed by atoms with Gasteiger partial charge in [-0.25, -0.2) is 0 Å². The number of nitrogens with zero attached hydrogens (tertiary/aromatic N) is 3. The molecule has 0 spiro atoms. The van der Waals surface area contributed by atoms with E-state index in [1.54, 1.807) is 0 Å². The number of carbonyl (C=O) groups excluding carboxylic acids is 1. The zero-order valence-corrected chi connectivity index (χ0v) is 14.9. The SMILES string of the molecule is COc1cc(NC(=O)CCn2nc(C(F)(F)F)c(Cl)c2C)cc([N+](=O)[O-])c1. The van der Waals surface area contributed by atoms with Gasteiger partial charge in [0.05, 0.1) is 41.0 Å². The zero-order chi connectivity index (χ0) is 20.4. The number of nitro groups is 1. The third-order valence-corrected chi connectivity index (χ3v) is 4.03. The lowest BCUT2D eigenvalue weighted by molar-refractivity contribution is -0.384. The van der Waals surface area contributed by atoms with E-state index in [4.69, 9.17) is 16.3 Å². The largest absolute Gasteiger partial charge is 0.496 e. The highest BCUT2D eigenvalue weighted by Crippen LogP contribution is 2.35. The summed E-state index contributed by atoms with van der Waals surface area (Å²) >= 11 is 5.64. The average Bonchev–Trinajstić information content (AvgIpc) is 2.87. The fraction of sp³-hybridized carbons (Fsp3) is 0.333. The van der Waals surface area contributed by atoms with Gasteiger partial charge in [-0.05, 0) is 6.92 Å². The summed E-state index contributed by atoms with van der Waals surface area (Å²) in [6, 6.07) is 3.70. The van der Waals surface area contributed by atoms with E-state index in [1.165, 1.54) is 26.2 Å². The number of aromatic nitrogens is 2. The van der Waals surface area contributed by atoms with Crippen LogP contribution < -0.4 is 10.1 Å². The number of non-ortho nitro benzene ring substituents is 1. The van der Waals surface area contributed by atoms with Crippen LogP contribution in [0.5, 0.6) is 5.75 Å². The number of methoxy groups -OCH3 is 1. The van der Waals surface area contributed by atoms with E-state index in [-0.39, 0.29) is 35.8 Å². The van der Waals surface area contributed by atoms with Crippen molar-refractivity contribution in [2.75, 3.05) is 12.4 Å². The van der Waals surface area contributed by atoms with Crippen molar-refractivity contribution in [1.82, 2.24) is 9.78 Å². The van der Waals surface area contributed by atoms with Crippen LogP contribution in [0.1, 0.15) is 17.8 Å². The van der Waals surface area contributed by atoms with Gasteiger partial charge in [-0.1, -0.05) is 11.6 Å². The van der Waals surface area contributed by atoms with Gasteiger partial charge in [-0.3, -0.25) is 19.6 Å². The van der Waals surface area contributed by atoms with E-state index in [0.29, 0.717) is 0 Å². The third kappa shape index (κ3) is 4.88. The number of ether oxygens (including phenoxy) is 1. The molecular formula is C15H14ClF3N4O4. The Hall–Kier alpha value is -2.82. The first-order valence-corrected chi connectivity index (χ1v) is 7.84. The van der Waals surface area contributed by atoms with E-state index in [9.17, 15) is 28.1 Å². The summed E-state index contributed by atoms with van der Waals surface area (Å²) in [7, 11) is 1.31. The molecule has 1 aromatic carbocycles. The Balaban J connectivity index is 2.09. The molecule has 1 N–H and O–H groups in total. The van der Waals surface area contributed by atoms with Gasteiger partial charge in [-0.2, -0.15) is 18.3 Å². The van der Waals surface area contributed by atoms with Crippen molar-refractivity contribution in [2.45, 2.75) is 26.1 Å². The van der Waals surface area contributed by atoms with E-state index < -0.39 is 27.7 Å². The Morgan fingerprint density at radius 3 is 2.59 bits per heavy atom. The fourth-order valence-electron chi connectivity index (χ4n) is 2.23. The molecule has 0 saturated carbocycles. The van der Waals surface area contributed by atoms with Crippen LogP contribution in [0, 0.1) is 17.0 Å². The van der Waals surface area contributed by atoms with Gasteiger partial charge in [0.25, 0.3) is 5.69 Å². The predicted molar refractivity (Wildman–Crippen MR) is 89.9 cm³/mol. The van der Waals surface area contributed by atoms with Crippen LogP contribution in [0.25, 0.3) is 0 Å². The van der Waals surface area contributed by atoms with E-state index in [1.807, 2.05) is 0 Å². The highest BCUT2D eigenvalue weighted by atomic mass is 35.5. The molecule has 0 bridgehead atoms. The summed E-state index contributed by atoms with van der Waals surface area (Å²) in [5, 5.41) is 16.2. The number of nitro benzene ring substituents is 1. The zero-order valence-electron chi connectivity index (χ0n) is 14.1. The smallest absolute Gasteiger partial charge is 0.436 e. The Bertz CT molecular complexity index is 883. The van der Waals surface area contributed by atoms with Gasteiger partial charge in [0.2, 0.25) is 5.91 Å². The molecule has 8 nitrogen and oxygen atoms in total. The minimum Gasteiger partial charge on any atom is -0.496 e. The van der Waals surface area contributed by atoms with Gasteiger partial charge in [-0.15, -0.1) is 0 Å². The molecule has 1 aromatic heterocycles. The van der Waals surface area contributed by atoms with Crippen molar-refractivity contribution >= 4 is 28.9 Å². The van der Waals surface area contributed by atoms with Crippen molar-refractivity contribution in [3.05, 3.63) is 44.7 Å². The normalized spacial score (nSPS) is 11.3. The van der Waals surface area contributed by atoms with Crippen molar-refractivity contribution < 1.29 is 27.6 Å². The number of anilines is 1. The Labute approximate surface area is 156 Å². The molecule has 12 heteroatoms. The number of nitrogens with one attached hydrogen (secondary N) is 1. The molecule has 2 aromatic rings. The second-order valence-electron chi connectivity index (χ2n) is 5.44. The standard InChI is InChI=1S/C15H14ClF3N4O4/c1-8-13(16)14(15(17,18)19)21-22(8)4-3-12(24)20-9-5-10(23(25)26)7-11(6-9)27-2/h5-7H,3-4H2,1-2H3,(H,20,24). The van der Waals surface area contributed by atoms with Crippen LogP contribution in [0.15, 0.2) is 18.2 Å². The Morgan fingerprint density at radius 2 is 2.07 bits per heavy atom. The summed E-state index contributed by atoms with van der Waals surface area (Å²) in [5.41, 5.74) is -1.30. The van der Waals surface area contributed by atoms with Crippen molar-refractivity contribution in [2.24, 2.45) is 0 Å². The van der Waals surface area contributed by atoms with Gasteiger partial charge < -0.3 is 10.1 Å². The monoisotopic (exact) mass is 406 g/mol. The molecule has 146 valence electrons. The number of hydrogen-bond donors (Lipinski definition) is 1. The molecule has 0 aliphatic rings. The van der Waals surface area contributed by atoms with Gasteiger partial charge in [0.1, 0.15) is 5.75 Å². The third-order valence-electron chi connectivity index (χ3n) is 3.57. The van der Waals surface area contributed by atoms with E-state index >= 15 is 0 Å². The first-order chi connectivity index (χ1) is 12.5. The number of aryl methyl sites for hydroxylation is 1.